The highest BCUT2D eigenvalue weighted by Gasteiger charge is 2.29. The standard InChI is InChI=1S/C13H25N3O2.2ClH/c1-3-16-7-4-5-11(16)9-15(2)13(17)12-10-18-8-6-14-12;;/h11-12,14H,3-10H2,1-2H3;2*1H. The second-order valence-corrected chi connectivity index (χ2v) is 5.23. The lowest BCUT2D eigenvalue weighted by Crippen LogP contribution is -2.53. The van der Waals surface area contributed by atoms with Crippen LogP contribution < -0.4 is 5.32 Å². The number of nitrogens with one attached hydrogen (secondary N) is 1. The van der Waals surface area contributed by atoms with Crippen LogP contribution in [0, 0.1) is 0 Å². The molecule has 7 heteroatoms. The number of likely N-dealkylation sites (tertiary alicyclic amines) is 1. The zero-order valence-electron chi connectivity index (χ0n) is 12.3. The minimum absolute atomic E-state index is 0. The summed E-state index contributed by atoms with van der Waals surface area (Å²) < 4.78 is 5.35. The molecule has 2 aliphatic rings. The summed E-state index contributed by atoms with van der Waals surface area (Å²) in [7, 11) is 1.91. The molecule has 2 rings (SSSR count). The fourth-order valence-corrected chi connectivity index (χ4v) is 2.91. The van der Waals surface area contributed by atoms with E-state index in [9.17, 15) is 4.79 Å². The largest absolute Gasteiger partial charge is 0.378 e. The maximum absolute atomic E-state index is 12.2. The first-order chi connectivity index (χ1) is 8.72. The summed E-state index contributed by atoms with van der Waals surface area (Å²) >= 11 is 0. The molecule has 2 saturated heterocycles. The second kappa shape index (κ2) is 9.79. The fraction of sp³-hybridized carbons (Fsp3) is 0.923. The van der Waals surface area contributed by atoms with E-state index in [1.807, 2.05) is 11.9 Å². The lowest BCUT2D eigenvalue weighted by atomic mass is 10.2. The Morgan fingerprint density at radius 3 is 2.80 bits per heavy atom. The van der Waals surface area contributed by atoms with Crippen molar-refractivity contribution in [2.75, 3.05) is 46.4 Å². The molecule has 0 spiro atoms. The van der Waals surface area contributed by atoms with E-state index in [-0.39, 0.29) is 36.8 Å². The average Bonchev–Trinajstić information content (AvgIpc) is 2.86. The molecule has 0 bridgehead atoms. The SMILES string of the molecule is CCN1CCCC1CN(C)C(=O)C1COCCN1.Cl.Cl. The number of likely N-dealkylation sites (N-methyl/N-ethyl adjacent to an activating group) is 2. The summed E-state index contributed by atoms with van der Waals surface area (Å²) in [6.45, 7) is 7.27. The quantitative estimate of drug-likeness (QED) is 0.828. The van der Waals surface area contributed by atoms with Crippen molar-refractivity contribution in [1.82, 2.24) is 15.1 Å². The Morgan fingerprint density at radius 1 is 1.45 bits per heavy atom. The van der Waals surface area contributed by atoms with Crippen LogP contribution in [0.1, 0.15) is 19.8 Å². The van der Waals surface area contributed by atoms with Gasteiger partial charge in [0.15, 0.2) is 0 Å². The second-order valence-electron chi connectivity index (χ2n) is 5.23. The highest BCUT2D eigenvalue weighted by Crippen LogP contribution is 2.17. The molecule has 1 amide bonds. The molecule has 0 radical (unpaired) electrons. The molecule has 5 nitrogen and oxygen atoms in total. The average molecular weight is 328 g/mol. The van der Waals surface area contributed by atoms with Crippen LogP contribution in [0.4, 0.5) is 0 Å². The Balaban J connectivity index is 0.00000180. The van der Waals surface area contributed by atoms with E-state index in [4.69, 9.17) is 4.74 Å². The summed E-state index contributed by atoms with van der Waals surface area (Å²) in [5, 5.41) is 3.22. The van der Waals surface area contributed by atoms with Crippen LogP contribution in [0.5, 0.6) is 0 Å². The Morgan fingerprint density at radius 2 is 2.20 bits per heavy atom. The highest BCUT2D eigenvalue weighted by molar-refractivity contribution is 5.85. The van der Waals surface area contributed by atoms with Crippen LogP contribution in [0.25, 0.3) is 0 Å². The van der Waals surface area contributed by atoms with Crippen LogP contribution in [-0.4, -0.2) is 74.2 Å². The van der Waals surface area contributed by atoms with E-state index in [1.165, 1.54) is 19.4 Å². The van der Waals surface area contributed by atoms with E-state index < -0.39 is 0 Å². The summed E-state index contributed by atoms with van der Waals surface area (Å²) in [5.41, 5.74) is 0. The summed E-state index contributed by atoms with van der Waals surface area (Å²) in [6, 6.07) is 0.383. The Labute approximate surface area is 134 Å². The molecule has 120 valence electrons. The van der Waals surface area contributed by atoms with Gasteiger partial charge in [-0.2, -0.15) is 0 Å². The van der Waals surface area contributed by atoms with Crippen molar-refractivity contribution in [3.05, 3.63) is 0 Å². The third-order valence-electron chi connectivity index (χ3n) is 3.99. The number of amides is 1. The van der Waals surface area contributed by atoms with Gasteiger partial charge in [-0.15, -0.1) is 24.8 Å². The van der Waals surface area contributed by atoms with E-state index >= 15 is 0 Å². The van der Waals surface area contributed by atoms with E-state index in [0.29, 0.717) is 19.3 Å². The molecule has 2 unspecified atom stereocenters. The molecule has 1 N–H and O–H groups in total. The van der Waals surface area contributed by atoms with Gasteiger partial charge in [0.1, 0.15) is 6.04 Å². The molecule has 2 atom stereocenters. The number of carbonyl (C=O) groups is 1. The maximum atomic E-state index is 12.2. The van der Waals surface area contributed by atoms with Gasteiger partial charge >= 0.3 is 0 Å². The highest BCUT2D eigenvalue weighted by atomic mass is 35.5. The van der Waals surface area contributed by atoms with Crippen LogP contribution >= 0.6 is 24.8 Å². The van der Waals surface area contributed by atoms with Crippen molar-refractivity contribution < 1.29 is 9.53 Å². The van der Waals surface area contributed by atoms with E-state index in [0.717, 1.165) is 19.6 Å². The molecular weight excluding hydrogens is 301 g/mol. The molecule has 2 aliphatic heterocycles. The molecule has 2 heterocycles. The molecule has 0 aliphatic carbocycles. The molecule has 0 aromatic carbocycles. The van der Waals surface area contributed by atoms with Crippen molar-refractivity contribution in [1.29, 1.82) is 0 Å². The molecule has 2 fully saturated rings. The number of halogens is 2. The summed E-state index contributed by atoms with van der Waals surface area (Å²) in [6.07, 6.45) is 2.46. The van der Waals surface area contributed by atoms with Gasteiger partial charge in [-0.3, -0.25) is 9.69 Å². The number of rotatable bonds is 4. The summed E-state index contributed by atoms with van der Waals surface area (Å²) in [4.78, 5) is 16.6. The molecule has 0 aromatic heterocycles. The minimum atomic E-state index is -0.153. The Kier molecular flexibility index (Phi) is 9.76. The number of hydrogen-bond donors (Lipinski definition) is 1. The lowest BCUT2D eigenvalue weighted by Gasteiger charge is -2.31. The van der Waals surface area contributed by atoms with Gasteiger partial charge in [-0.25, -0.2) is 0 Å². The summed E-state index contributed by atoms with van der Waals surface area (Å²) in [5.74, 6) is 0.164. The van der Waals surface area contributed by atoms with Crippen LogP contribution in [0.2, 0.25) is 0 Å². The number of hydrogen-bond acceptors (Lipinski definition) is 4. The van der Waals surface area contributed by atoms with Gasteiger partial charge < -0.3 is 15.0 Å². The van der Waals surface area contributed by atoms with E-state index in [2.05, 4.69) is 17.1 Å². The van der Waals surface area contributed by atoms with Crippen LogP contribution in [-0.2, 0) is 9.53 Å². The number of nitrogens with zero attached hydrogens (tertiary/aromatic N) is 2. The van der Waals surface area contributed by atoms with Gasteiger partial charge in [-0.1, -0.05) is 6.92 Å². The van der Waals surface area contributed by atoms with Crippen LogP contribution in [0.3, 0.4) is 0 Å². The number of ether oxygens (including phenoxy) is 1. The van der Waals surface area contributed by atoms with Gasteiger partial charge in [0.05, 0.1) is 13.2 Å². The van der Waals surface area contributed by atoms with Crippen molar-refractivity contribution in [2.24, 2.45) is 0 Å². The van der Waals surface area contributed by atoms with Gasteiger partial charge in [0.2, 0.25) is 5.91 Å². The molecule has 20 heavy (non-hydrogen) atoms. The van der Waals surface area contributed by atoms with Gasteiger partial charge in [0, 0.05) is 26.2 Å². The van der Waals surface area contributed by atoms with E-state index in [1.54, 1.807) is 0 Å². The monoisotopic (exact) mass is 327 g/mol. The Hall–Kier alpha value is -0.0700. The third kappa shape index (κ3) is 5.04. The Bertz CT molecular complexity index is 289. The predicted octanol–water partition coefficient (Wildman–Crippen LogP) is 0.761. The van der Waals surface area contributed by atoms with Crippen LogP contribution in [0.15, 0.2) is 0 Å². The van der Waals surface area contributed by atoms with Gasteiger partial charge in [-0.05, 0) is 25.9 Å². The lowest BCUT2D eigenvalue weighted by molar-refractivity contribution is -0.135. The maximum Gasteiger partial charge on any atom is 0.241 e. The van der Waals surface area contributed by atoms with Crippen molar-refractivity contribution in [3.63, 3.8) is 0 Å². The molecule has 0 saturated carbocycles. The molecular formula is C13H27Cl2N3O2. The molecule has 0 aromatic rings. The first-order valence-corrected chi connectivity index (χ1v) is 7.02. The fourth-order valence-electron chi connectivity index (χ4n) is 2.91. The normalized spacial score (nSPS) is 26.5. The van der Waals surface area contributed by atoms with Crippen molar-refractivity contribution >= 4 is 30.7 Å². The van der Waals surface area contributed by atoms with Crippen molar-refractivity contribution in [3.8, 4) is 0 Å². The third-order valence-corrected chi connectivity index (χ3v) is 3.99. The minimum Gasteiger partial charge on any atom is -0.378 e. The zero-order valence-corrected chi connectivity index (χ0v) is 14.0. The predicted molar refractivity (Wildman–Crippen MR) is 85.0 cm³/mol. The van der Waals surface area contributed by atoms with Gasteiger partial charge in [0.25, 0.3) is 0 Å². The first-order valence-electron chi connectivity index (χ1n) is 7.02. The topological polar surface area (TPSA) is 44.8 Å². The smallest absolute Gasteiger partial charge is 0.241 e. The van der Waals surface area contributed by atoms with Crippen molar-refractivity contribution in [2.45, 2.75) is 31.8 Å². The zero-order chi connectivity index (χ0) is 13.0. The number of morpholine rings is 1. The first kappa shape index (κ1) is 19.9. The number of carbonyl (C=O) groups excluding carboxylic acids is 1.